The zero-order valence-corrected chi connectivity index (χ0v) is 19.5. The third-order valence-corrected chi connectivity index (χ3v) is 5.93. The van der Waals surface area contributed by atoms with Gasteiger partial charge in [-0.3, -0.25) is 24.8 Å². The van der Waals surface area contributed by atoms with Crippen molar-refractivity contribution in [2.75, 3.05) is 5.32 Å². The van der Waals surface area contributed by atoms with Gasteiger partial charge in [-0.2, -0.15) is 5.10 Å². The number of benzene rings is 1. The van der Waals surface area contributed by atoms with E-state index >= 15 is 0 Å². The fraction of sp³-hybridized carbons (Fsp3) is 0.111. The van der Waals surface area contributed by atoms with Crippen molar-refractivity contribution in [3.8, 4) is 34.0 Å². The number of aromatic nitrogens is 7. The van der Waals surface area contributed by atoms with Crippen LogP contribution in [0.2, 0.25) is 0 Å². The first-order valence-corrected chi connectivity index (χ1v) is 11.7. The molecule has 0 fully saturated rings. The molecule has 36 heavy (non-hydrogen) atoms. The van der Waals surface area contributed by atoms with Crippen LogP contribution in [-0.2, 0) is 4.79 Å². The summed E-state index contributed by atoms with van der Waals surface area (Å²) in [5.74, 6) is 0.616. The lowest BCUT2D eigenvalue weighted by Crippen LogP contribution is -2.10. The van der Waals surface area contributed by atoms with Crippen LogP contribution in [0.3, 0.4) is 0 Å². The normalized spacial score (nSPS) is 11.2. The zero-order chi connectivity index (χ0) is 24.5. The molecule has 9 heteroatoms. The summed E-state index contributed by atoms with van der Waals surface area (Å²) in [7, 11) is 0. The topological polar surface area (TPSA) is 125 Å². The first kappa shape index (κ1) is 21.6. The molecule has 5 heterocycles. The number of pyridine rings is 3. The fourth-order valence-electron chi connectivity index (χ4n) is 4.23. The smallest absolute Gasteiger partial charge is 0.224 e. The van der Waals surface area contributed by atoms with Crippen LogP contribution in [-0.4, -0.2) is 41.0 Å². The molecule has 0 aliphatic heterocycles. The Kier molecular flexibility index (Phi) is 5.42. The summed E-state index contributed by atoms with van der Waals surface area (Å²) in [5, 5.41) is 11.5. The Morgan fingerprint density at radius 1 is 0.944 bits per heavy atom. The number of rotatable bonds is 6. The number of carbonyl (C=O) groups is 1. The summed E-state index contributed by atoms with van der Waals surface area (Å²) in [5.41, 5.74) is 7.17. The van der Waals surface area contributed by atoms with Gasteiger partial charge in [-0.15, -0.1) is 0 Å². The highest BCUT2D eigenvalue weighted by Crippen LogP contribution is 2.32. The monoisotopic (exact) mass is 474 g/mol. The minimum Gasteiger partial charge on any atom is -0.336 e. The van der Waals surface area contributed by atoms with E-state index in [0.717, 1.165) is 45.2 Å². The number of aromatic amines is 2. The van der Waals surface area contributed by atoms with Gasteiger partial charge in [0, 0.05) is 36.0 Å². The molecule has 9 nitrogen and oxygen atoms in total. The average Bonchev–Trinajstić information content (AvgIpc) is 3.53. The van der Waals surface area contributed by atoms with E-state index in [9.17, 15) is 4.79 Å². The molecule has 0 saturated heterocycles. The van der Waals surface area contributed by atoms with Gasteiger partial charge < -0.3 is 10.3 Å². The number of nitrogens with one attached hydrogen (secondary N) is 3. The van der Waals surface area contributed by atoms with Crippen LogP contribution in [0.4, 0.5) is 5.69 Å². The first-order chi connectivity index (χ1) is 17.7. The van der Waals surface area contributed by atoms with E-state index in [2.05, 4.69) is 35.5 Å². The van der Waals surface area contributed by atoms with Gasteiger partial charge in [0.1, 0.15) is 16.9 Å². The Labute approximate surface area is 206 Å². The molecule has 0 radical (unpaired) electrons. The summed E-state index contributed by atoms with van der Waals surface area (Å²) >= 11 is 0. The SMILES string of the molecule is CCCC(=O)Nc1cncc(-c2ccc3[nH]nc(-c4nc5c(-c6ccccn6)nccc5[nH]4)c3c2)c1. The Balaban J connectivity index is 1.40. The van der Waals surface area contributed by atoms with Crippen LogP contribution >= 0.6 is 0 Å². The number of carbonyl (C=O) groups excluding carboxylic acids is 1. The van der Waals surface area contributed by atoms with Crippen LogP contribution in [0.5, 0.6) is 0 Å². The first-order valence-electron chi connectivity index (χ1n) is 11.7. The number of H-pyrrole nitrogens is 2. The van der Waals surface area contributed by atoms with E-state index in [4.69, 9.17) is 4.98 Å². The second-order valence-electron chi connectivity index (χ2n) is 8.45. The quantitative estimate of drug-likeness (QED) is 0.298. The van der Waals surface area contributed by atoms with Crippen LogP contribution in [0.15, 0.2) is 73.3 Å². The van der Waals surface area contributed by atoms with E-state index in [1.165, 1.54) is 0 Å². The number of anilines is 1. The van der Waals surface area contributed by atoms with Gasteiger partial charge in [0.25, 0.3) is 0 Å². The number of hydrogen-bond acceptors (Lipinski definition) is 6. The Morgan fingerprint density at radius 3 is 2.75 bits per heavy atom. The van der Waals surface area contributed by atoms with Gasteiger partial charge in [0.2, 0.25) is 5.91 Å². The Hall–Kier alpha value is -4.92. The van der Waals surface area contributed by atoms with E-state index in [1.54, 1.807) is 24.8 Å². The van der Waals surface area contributed by atoms with Crippen molar-refractivity contribution in [1.82, 2.24) is 35.1 Å². The van der Waals surface area contributed by atoms with E-state index < -0.39 is 0 Å². The van der Waals surface area contributed by atoms with Gasteiger partial charge in [0.15, 0.2) is 5.82 Å². The van der Waals surface area contributed by atoms with Gasteiger partial charge >= 0.3 is 0 Å². The molecule has 1 amide bonds. The molecule has 6 rings (SSSR count). The molecule has 0 aliphatic carbocycles. The number of amides is 1. The van der Waals surface area contributed by atoms with Crippen molar-refractivity contribution in [3.05, 3.63) is 73.3 Å². The molecule has 176 valence electrons. The highest BCUT2D eigenvalue weighted by atomic mass is 16.1. The standard InChI is InChI=1S/C27H22N8O/c1-2-5-23(36)31-18-12-17(14-28-15-18)16-7-8-20-19(13-16)24(35-34-20)27-32-22-9-11-30-25(26(22)33-27)21-6-3-4-10-29-21/h3-4,6-15H,2,5H2,1H3,(H,31,36)(H,32,33)(H,34,35). The van der Waals surface area contributed by atoms with Gasteiger partial charge in [-0.1, -0.05) is 19.1 Å². The van der Waals surface area contributed by atoms with Crippen molar-refractivity contribution >= 4 is 33.5 Å². The van der Waals surface area contributed by atoms with E-state index in [1.807, 2.05) is 55.5 Å². The summed E-state index contributed by atoms with van der Waals surface area (Å²) in [4.78, 5) is 33.5. The van der Waals surface area contributed by atoms with Gasteiger partial charge in [0.05, 0.1) is 28.6 Å². The molecule has 0 bridgehead atoms. The predicted octanol–water partition coefficient (Wildman–Crippen LogP) is 5.36. The molecule has 3 N–H and O–H groups in total. The molecular formula is C27H22N8O. The zero-order valence-electron chi connectivity index (χ0n) is 19.5. The summed E-state index contributed by atoms with van der Waals surface area (Å²) < 4.78 is 0. The second-order valence-corrected chi connectivity index (χ2v) is 8.45. The van der Waals surface area contributed by atoms with Crippen molar-refractivity contribution in [3.63, 3.8) is 0 Å². The lowest BCUT2D eigenvalue weighted by atomic mass is 10.0. The van der Waals surface area contributed by atoms with Crippen molar-refractivity contribution in [1.29, 1.82) is 0 Å². The minimum atomic E-state index is -0.0199. The average molecular weight is 475 g/mol. The van der Waals surface area contributed by atoms with Crippen molar-refractivity contribution < 1.29 is 4.79 Å². The van der Waals surface area contributed by atoms with E-state index in [-0.39, 0.29) is 5.91 Å². The van der Waals surface area contributed by atoms with Gasteiger partial charge in [-0.05, 0) is 48.4 Å². The van der Waals surface area contributed by atoms with Crippen molar-refractivity contribution in [2.24, 2.45) is 0 Å². The predicted molar refractivity (Wildman–Crippen MR) is 139 cm³/mol. The van der Waals surface area contributed by atoms with Crippen LogP contribution in [0, 0.1) is 0 Å². The lowest BCUT2D eigenvalue weighted by Gasteiger charge is -2.07. The molecule has 6 aromatic rings. The maximum Gasteiger partial charge on any atom is 0.224 e. The number of imidazole rings is 1. The Morgan fingerprint density at radius 2 is 1.89 bits per heavy atom. The highest BCUT2D eigenvalue weighted by Gasteiger charge is 2.17. The maximum atomic E-state index is 12.0. The number of fused-ring (bicyclic) bond motifs is 2. The molecule has 0 atom stereocenters. The lowest BCUT2D eigenvalue weighted by molar-refractivity contribution is -0.116. The molecule has 1 aromatic carbocycles. The summed E-state index contributed by atoms with van der Waals surface area (Å²) in [6.07, 6.45) is 8.19. The van der Waals surface area contributed by atoms with Crippen LogP contribution in [0.25, 0.3) is 56.0 Å². The van der Waals surface area contributed by atoms with E-state index in [0.29, 0.717) is 29.3 Å². The number of nitrogens with zero attached hydrogens (tertiary/aromatic N) is 5. The minimum absolute atomic E-state index is 0.0199. The fourth-order valence-corrected chi connectivity index (χ4v) is 4.23. The largest absolute Gasteiger partial charge is 0.336 e. The van der Waals surface area contributed by atoms with Crippen LogP contribution < -0.4 is 5.32 Å². The molecular weight excluding hydrogens is 452 g/mol. The molecule has 0 saturated carbocycles. The van der Waals surface area contributed by atoms with Crippen molar-refractivity contribution in [2.45, 2.75) is 19.8 Å². The summed E-state index contributed by atoms with van der Waals surface area (Å²) in [6.45, 7) is 1.98. The molecule has 0 unspecified atom stereocenters. The maximum absolute atomic E-state index is 12.0. The van der Waals surface area contributed by atoms with Gasteiger partial charge in [-0.25, -0.2) is 4.98 Å². The third-order valence-electron chi connectivity index (χ3n) is 5.93. The second kappa shape index (κ2) is 9.03. The molecule has 5 aromatic heterocycles. The molecule has 0 spiro atoms. The highest BCUT2D eigenvalue weighted by molar-refractivity contribution is 5.97. The number of hydrogen-bond donors (Lipinski definition) is 3. The Bertz CT molecular complexity index is 1700. The van der Waals surface area contributed by atoms with Crippen LogP contribution in [0.1, 0.15) is 19.8 Å². The third kappa shape index (κ3) is 3.96. The summed E-state index contributed by atoms with van der Waals surface area (Å²) in [6, 6.07) is 15.6. The molecule has 0 aliphatic rings.